The van der Waals surface area contributed by atoms with Gasteiger partial charge < -0.3 is 10.1 Å². The summed E-state index contributed by atoms with van der Waals surface area (Å²) in [4.78, 5) is 29.2. The lowest BCUT2D eigenvalue weighted by atomic mass is 10.2. The molecule has 0 atom stereocenters. The Morgan fingerprint density at radius 2 is 1.48 bits per heavy atom. The number of nitrogens with one attached hydrogen (secondary N) is 1. The molecular formula is C25H22N2O3S. The zero-order valence-electron chi connectivity index (χ0n) is 17.5. The fourth-order valence-electron chi connectivity index (χ4n) is 3.21. The molecule has 0 unspecified atom stereocenters. The van der Waals surface area contributed by atoms with Crippen LogP contribution in [0.5, 0.6) is 5.75 Å². The van der Waals surface area contributed by atoms with Crippen molar-refractivity contribution in [2.75, 3.05) is 17.3 Å². The van der Waals surface area contributed by atoms with E-state index in [1.165, 1.54) is 16.7 Å². The van der Waals surface area contributed by atoms with Gasteiger partial charge in [-0.25, -0.2) is 4.90 Å². The van der Waals surface area contributed by atoms with Crippen molar-refractivity contribution >= 4 is 35.0 Å². The number of methoxy groups -OCH3 is 1. The molecule has 5 nitrogen and oxygen atoms in total. The average Bonchev–Trinajstić information content (AvgIpc) is 3.00. The number of carbonyl (C=O) groups is 2. The quantitative estimate of drug-likeness (QED) is 0.538. The van der Waals surface area contributed by atoms with E-state index in [1.54, 1.807) is 25.3 Å². The topological polar surface area (TPSA) is 58.6 Å². The van der Waals surface area contributed by atoms with Crippen LogP contribution in [0, 0.1) is 13.8 Å². The number of ether oxygens (including phenoxy) is 1. The summed E-state index contributed by atoms with van der Waals surface area (Å²) in [5, 5.41) is 3.16. The van der Waals surface area contributed by atoms with Crippen LogP contribution in [0.2, 0.25) is 0 Å². The molecule has 1 aliphatic rings. The van der Waals surface area contributed by atoms with Crippen LogP contribution < -0.4 is 15.0 Å². The fraction of sp³-hybridized carbons (Fsp3) is 0.120. The molecule has 3 aromatic rings. The second-order valence-electron chi connectivity index (χ2n) is 7.26. The summed E-state index contributed by atoms with van der Waals surface area (Å²) in [6.45, 7) is 3.97. The number of thioether (sulfide) groups is 1. The van der Waals surface area contributed by atoms with Gasteiger partial charge in [-0.1, -0.05) is 53.2 Å². The highest BCUT2D eigenvalue weighted by atomic mass is 32.2. The van der Waals surface area contributed by atoms with Crippen LogP contribution in [0.3, 0.4) is 0 Å². The molecule has 0 fully saturated rings. The van der Waals surface area contributed by atoms with Crippen LogP contribution in [0.25, 0.3) is 0 Å². The van der Waals surface area contributed by atoms with Gasteiger partial charge in [0.25, 0.3) is 11.8 Å². The molecule has 1 N–H and O–H groups in total. The Bertz CT molecular complexity index is 1170. The van der Waals surface area contributed by atoms with E-state index in [0.717, 1.165) is 16.0 Å². The predicted octanol–water partition coefficient (Wildman–Crippen LogP) is 5.30. The third-order valence-electron chi connectivity index (χ3n) is 4.91. The lowest BCUT2D eigenvalue weighted by molar-refractivity contribution is -0.120. The Labute approximate surface area is 185 Å². The third kappa shape index (κ3) is 4.34. The summed E-state index contributed by atoms with van der Waals surface area (Å²) >= 11 is 1.28. The van der Waals surface area contributed by atoms with Crippen LogP contribution in [0.4, 0.5) is 11.4 Å². The van der Waals surface area contributed by atoms with Crippen molar-refractivity contribution < 1.29 is 14.3 Å². The van der Waals surface area contributed by atoms with Crippen molar-refractivity contribution in [1.82, 2.24) is 0 Å². The van der Waals surface area contributed by atoms with E-state index in [2.05, 4.69) is 5.32 Å². The summed E-state index contributed by atoms with van der Waals surface area (Å²) < 4.78 is 5.28. The van der Waals surface area contributed by atoms with Gasteiger partial charge in [0.15, 0.2) is 0 Å². The van der Waals surface area contributed by atoms with Crippen LogP contribution in [-0.4, -0.2) is 18.9 Å². The number of aryl methyl sites for hydroxylation is 2. The SMILES string of the molecule is COc1cccc(NC2=C(Sc3ccc(C)cc3)C(=O)N(c3ccc(C)cc3)C2=O)c1. The first-order chi connectivity index (χ1) is 15.0. The maximum atomic E-state index is 13.4. The Balaban J connectivity index is 1.74. The predicted molar refractivity (Wildman–Crippen MR) is 124 cm³/mol. The van der Waals surface area contributed by atoms with E-state index in [0.29, 0.717) is 22.0 Å². The molecule has 0 spiro atoms. The first-order valence-electron chi connectivity index (χ1n) is 9.81. The zero-order chi connectivity index (χ0) is 22.0. The second-order valence-corrected chi connectivity index (χ2v) is 8.34. The highest BCUT2D eigenvalue weighted by molar-refractivity contribution is 8.04. The summed E-state index contributed by atoms with van der Waals surface area (Å²) in [6, 6.07) is 22.5. The largest absolute Gasteiger partial charge is 0.497 e. The minimum Gasteiger partial charge on any atom is -0.497 e. The molecule has 3 aromatic carbocycles. The number of anilines is 2. The van der Waals surface area contributed by atoms with Gasteiger partial charge in [0.05, 0.1) is 12.8 Å². The van der Waals surface area contributed by atoms with Gasteiger partial charge in [-0.3, -0.25) is 9.59 Å². The van der Waals surface area contributed by atoms with Gasteiger partial charge in [0.1, 0.15) is 16.4 Å². The molecule has 1 heterocycles. The van der Waals surface area contributed by atoms with E-state index in [-0.39, 0.29) is 17.5 Å². The number of benzene rings is 3. The van der Waals surface area contributed by atoms with Gasteiger partial charge in [0, 0.05) is 16.6 Å². The van der Waals surface area contributed by atoms with Crippen LogP contribution in [0.15, 0.2) is 88.3 Å². The number of imide groups is 1. The lowest BCUT2D eigenvalue weighted by Gasteiger charge is -2.15. The monoisotopic (exact) mass is 430 g/mol. The van der Waals surface area contributed by atoms with E-state index in [4.69, 9.17) is 4.74 Å². The smallest absolute Gasteiger partial charge is 0.283 e. The van der Waals surface area contributed by atoms with Gasteiger partial charge in [0.2, 0.25) is 0 Å². The highest BCUT2D eigenvalue weighted by Gasteiger charge is 2.40. The third-order valence-corrected chi connectivity index (χ3v) is 6.00. The summed E-state index contributed by atoms with van der Waals surface area (Å²) in [6.07, 6.45) is 0. The molecule has 0 bridgehead atoms. The molecule has 1 aliphatic heterocycles. The molecule has 4 rings (SSSR count). The second kappa shape index (κ2) is 8.70. The maximum Gasteiger partial charge on any atom is 0.283 e. The zero-order valence-corrected chi connectivity index (χ0v) is 18.3. The first kappa shape index (κ1) is 20.8. The molecule has 0 aromatic heterocycles. The molecular weight excluding hydrogens is 408 g/mol. The molecule has 2 amide bonds. The Kier molecular flexibility index (Phi) is 5.82. The van der Waals surface area contributed by atoms with E-state index in [1.807, 2.05) is 68.4 Å². The van der Waals surface area contributed by atoms with E-state index >= 15 is 0 Å². The van der Waals surface area contributed by atoms with Crippen LogP contribution in [-0.2, 0) is 9.59 Å². The number of carbonyl (C=O) groups excluding carboxylic acids is 2. The van der Waals surface area contributed by atoms with Crippen molar-refractivity contribution in [2.45, 2.75) is 18.7 Å². The Morgan fingerprint density at radius 3 is 2.13 bits per heavy atom. The lowest BCUT2D eigenvalue weighted by Crippen LogP contribution is -2.32. The highest BCUT2D eigenvalue weighted by Crippen LogP contribution is 2.38. The molecule has 0 aliphatic carbocycles. The number of rotatable bonds is 6. The standard InChI is InChI=1S/C25H22N2O3S/c1-16-7-11-19(12-8-16)27-24(28)22(26-18-5-4-6-20(15-18)30-3)23(25(27)29)31-21-13-9-17(2)10-14-21/h4-15,26H,1-3H3. The number of nitrogens with zero attached hydrogens (tertiary/aromatic N) is 1. The summed E-state index contributed by atoms with van der Waals surface area (Å²) in [5.74, 6) is -0.0680. The minimum absolute atomic E-state index is 0.254. The Hall–Kier alpha value is -3.51. The van der Waals surface area contributed by atoms with Crippen molar-refractivity contribution in [3.8, 4) is 5.75 Å². The average molecular weight is 431 g/mol. The number of hydrogen-bond acceptors (Lipinski definition) is 5. The van der Waals surface area contributed by atoms with Gasteiger partial charge in [-0.05, 0) is 50.2 Å². The molecule has 0 saturated heterocycles. The van der Waals surface area contributed by atoms with Crippen LogP contribution in [0.1, 0.15) is 11.1 Å². The first-order valence-corrected chi connectivity index (χ1v) is 10.6. The van der Waals surface area contributed by atoms with Crippen LogP contribution >= 0.6 is 11.8 Å². The van der Waals surface area contributed by atoms with Gasteiger partial charge in [-0.15, -0.1) is 0 Å². The summed E-state index contributed by atoms with van der Waals surface area (Å²) in [5.41, 5.74) is 3.65. The normalized spacial score (nSPS) is 13.7. The van der Waals surface area contributed by atoms with E-state index < -0.39 is 0 Å². The van der Waals surface area contributed by atoms with Gasteiger partial charge >= 0.3 is 0 Å². The van der Waals surface area contributed by atoms with Crippen molar-refractivity contribution in [2.24, 2.45) is 0 Å². The molecule has 0 radical (unpaired) electrons. The Morgan fingerprint density at radius 1 is 0.839 bits per heavy atom. The van der Waals surface area contributed by atoms with Gasteiger partial charge in [-0.2, -0.15) is 0 Å². The molecule has 6 heteroatoms. The maximum absolute atomic E-state index is 13.4. The minimum atomic E-state index is -0.383. The molecule has 31 heavy (non-hydrogen) atoms. The summed E-state index contributed by atoms with van der Waals surface area (Å²) in [7, 11) is 1.58. The van der Waals surface area contributed by atoms with Crippen molar-refractivity contribution in [3.05, 3.63) is 94.5 Å². The van der Waals surface area contributed by atoms with Crippen molar-refractivity contribution in [3.63, 3.8) is 0 Å². The molecule has 156 valence electrons. The number of hydrogen-bond donors (Lipinski definition) is 1. The van der Waals surface area contributed by atoms with E-state index in [9.17, 15) is 9.59 Å². The molecule has 0 saturated carbocycles. The number of amides is 2. The fourth-order valence-corrected chi connectivity index (χ4v) is 4.14. The van der Waals surface area contributed by atoms with Crippen molar-refractivity contribution in [1.29, 1.82) is 0 Å².